The maximum Gasteiger partial charge on any atom is 0.235 e. The molecule has 0 atom stereocenters. The minimum absolute atomic E-state index is 0.137. The molecule has 1 N–H and O–H groups in total. The number of aromatic nitrogens is 3. The number of furan rings is 1. The van der Waals surface area contributed by atoms with Crippen LogP contribution in [-0.4, -0.2) is 26.4 Å². The molecule has 7 nitrogen and oxygen atoms in total. The number of allylic oxidation sites excluding steroid dienone is 1. The zero-order valence-electron chi connectivity index (χ0n) is 18.1. The first-order valence-electron chi connectivity index (χ1n) is 10.8. The van der Waals surface area contributed by atoms with Crippen molar-refractivity contribution in [2.45, 2.75) is 37.4 Å². The zero-order chi connectivity index (χ0) is 23.7. The fourth-order valence-electron chi connectivity index (χ4n) is 4.06. The van der Waals surface area contributed by atoms with Gasteiger partial charge in [-0.05, 0) is 55.5 Å². The van der Waals surface area contributed by atoms with Crippen LogP contribution in [0.3, 0.4) is 0 Å². The number of benzene rings is 1. The third-order valence-electron chi connectivity index (χ3n) is 5.60. The molecule has 0 saturated carbocycles. The minimum Gasteiger partial charge on any atom is -0.453 e. The molecule has 0 aliphatic heterocycles. The summed E-state index contributed by atoms with van der Waals surface area (Å²) in [6, 6.07) is 9.56. The number of fused-ring (bicyclic) bond motifs is 2. The Balaban J connectivity index is 1.33. The molecule has 1 amide bonds. The SMILES string of the molecule is C=CCn1c(SCC(=O)Nc2sc3c(c2C#N)CCCC3)nnc1-c1cc2cc(Cl)ccc2o1. The van der Waals surface area contributed by atoms with Crippen LogP contribution in [0.4, 0.5) is 5.00 Å². The summed E-state index contributed by atoms with van der Waals surface area (Å²) in [4.78, 5) is 13.9. The molecule has 5 rings (SSSR count). The van der Waals surface area contributed by atoms with E-state index in [9.17, 15) is 10.1 Å². The number of nitrogens with one attached hydrogen (secondary N) is 1. The van der Waals surface area contributed by atoms with E-state index in [4.69, 9.17) is 16.0 Å². The van der Waals surface area contributed by atoms with Crippen molar-refractivity contribution >= 4 is 56.6 Å². The number of anilines is 1. The normalized spacial score (nSPS) is 12.9. The van der Waals surface area contributed by atoms with Crippen LogP contribution in [0.15, 0.2) is 46.5 Å². The molecule has 0 unspecified atom stereocenters. The van der Waals surface area contributed by atoms with Crippen molar-refractivity contribution in [2.75, 3.05) is 11.1 Å². The van der Waals surface area contributed by atoms with Gasteiger partial charge in [-0.25, -0.2) is 0 Å². The first-order chi connectivity index (χ1) is 16.6. The predicted octanol–water partition coefficient (Wildman–Crippen LogP) is 6.07. The quantitative estimate of drug-likeness (QED) is 0.240. The van der Waals surface area contributed by atoms with E-state index in [2.05, 4.69) is 28.2 Å². The van der Waals surface area contributed by atoms with E-state index in [1.807, 2.05) is 22.8 Å². The number of aryl methyl sites for hydroxylation is 1. The van der Waals surface area contributed by atoms with E-state index in [0.29, 0.717) is 44.5 Å². The first-order valence-corrected chi connectivity index (χ1v) is 13.0. The van der Waals surface area contributed by atoms with E-state index in [0.717, 1.165) is 36.6 Å². The van der Waals surface area contributed by atoms with Crippen LogP contribution in [0.2, 0.25) is 5.02 Å². The first kappa shape index (κ1) is 22.7. The highest BCUT2D eigenvalue weighted by Gasteiger charge is 2.23. The molecule has 3 heterocycles. The third-order valence-corrected chi connectivity index (χ3v) is 8.00. The largest absolute Gasteiger partial charge is 0.453 e. The number of halogens is 1. The molecule has 1 aromatic carbocycles. The lowest BCUT2D eigenvalue weighted by atomic mass is 9.96. The Labute approximate surface area is 209 Å². The van der Waals surface area contributed by atoms with Crippen LogP contribution < -0.4 is 5.32 Å². The van der Waals surface area contributed by atoms with Gasteiger partial charge in [0.25, 0.3) is 0 Å². The lowest BCUT2D eigenvalue weighted by molar-refractivity contribution is -0.113. The Bertz CT molecular complexity index is 1450. The average molecular weight is 510 g/mol. The molecule has 172 valence electrons. The van der Waals surface area contributed by atoms with Crippen molar-refractivity contribution in [3.8, 4) is 17.7 Å². The van der Waals surface area contributed by atoms with Gasteiger partial charge in [-0.15, -0.1) is 28.1 Å². The van der Waals surface area contributed by atoms with Crippen LogP contribution in [0.1, 0.15) is 28.8 Å². The Morgan fingerprint density at radius 3 is 3.03 bits per heavy atom. The van der Waals surface area contributed by atoms with Gasteiger partial charge in [0.2, 0.25) is 11.7 Å². The lowest BCUT2D eigenvalue weighted by Gasteiger charge is -2.09. The molecule has 3 aromatic heterocycles. The van der Waals surface area contributed by atoms with E-state index in [1.165, 1.54) is 28.0 Å². The molecule has 0 saturated heterocycles. The second-order valence-electron chi connectivity index (χ2n) is 7.86. The molecular weight excluding hydrogens is 490 g/mol. The summed E-state index contributed by atoms with van der Waals surface area (Å²) < 4.78 is 7.80. The average Bonchev–Trinajstić information content (AvgIpc) is 3.52. The Kier molecular flexibility index (Phi) is 6.46. The number of amides is 1. The molecule has 4 aromatic rings. The van der Waals surface area contributed by atoms with Gasteiger partial charge in [0, 0.05) is 21.8 Å². The van der Waals surface area contributed by atoms with Gasteiger partial charge in [0.05, 0.1) is 11.3 Å². The van der Waals surface area contributed by atoms with Gasteiger partial charge < -0.3 is 9.73 Å². The Morgan fingerprint density at radius 1 is 1.35 bits per heavy atom. The van der Waals surface area contributed by atoms with E-state index in [-0.39, 0.29) is 11.7 Å². The van der Waals surface area contributed by atoms with Gasteiger partial charge in [0.15, 0.2) is 10.9 Å². The molecule has 0 fully saturated rings. The van der Waals surface area contributed by atoms with E-state index < -0.39 is 0 Å². The smallest absolute Gasteiger partial charge is 0.235 e. The number of thioether (sulfide) groups is 1. The molecule has 0 spiro atoms. The summed E-state index contributed by atoms with van der Waals surface area (Å²) in [5, 5.41) is 23.8. The second-order valence-corrected chi connectivity index (χ2v) is 10.3. The highest BCUT2D eigenvalue weighted by atomic mass is 35.5. The number of rotatable bonds is 7. The summed E-state index contributed by atoms with van der Waals surface area (Å²) in [7, 11) is 0. The molecule has 34 heavy (non-hydrogen) atoms. The van der Waals surface area contributed by atoms with Gasteiger partial charge in [-0.2, -0.15) is 5.26 Å². The standard InChI is InChI=1S/C24H20ClN5O2S2/c1-2-9-30-22(19-11-14-10-15(25)7-8-18(14)32-19)28-29-24(30)33-13-21(31)27-23-17(12-26)16-5-3-4-6-20(16)34-23/h2,7-8,10-11H,1,3-6,9,13H2,(H,27,31). The highest BCUT2D eigenvalue weighted by molar-refractivity contribution is 7.99. The summed E-state index contributed by atoms with van der Waals surface area (Å²) in [6.07, 6.45) is 5.83. The summed E-state index contributed by atoms with van der Waals surface area (Å²) in [6.45, 7) is 4.28. The molecule has 10 heteroatoms. The maximum absolute atomic E-state index is 12.7. The molecule has 0 radical (unpaired) electrons. The van der Waals surface area contributed by atoms with E-state index in [1.54, 1.807) is 12.1 Å². The van der Waals surface area contributed by atoms with Gasteiger partial charge in [-0.1, -0.05) is 29.4 Å². The topological polar surface area (TPSA) is 96.7 Å². The van der Waals surface area contributed by atoms with Gasteiger partial charge in [-0.3, -0.25) is 9.36 Å². The number of nitriles is 1. The summed E-state index contributed by atoms with van der Waals surface area (Å²) >= 11 is 8.89. The summed E-state index contributed by atoms with van der Waals surface area (Å²) in [5.74, 6) is 1.06. The van der Waals surface area contributed by atoms with Gasteiger partial charge in [0.1, 0.15) is 16.7 Å². The molecular formula is C24H20ClN5O2S2. The van der Waals surface area contributed by atoms with Crippen molar-refractivity contribution in [1.82, 2.24) is 14.8 Å². The maximum atomic E-state index is 12.7. The number of thiophene rings is 1. The van der Waals surface area contributed by atoms with Crippen molar-refractivity contribution in [3.05, 3.63) is 57.9 Å². The van der Waals surface area contributed by atoms with Crippen molar-refractivity contribution < 1.29 is 9.21 Å². The third kappa shape index (κ3) is 4.37. The second kappa shape index (κ2) is 9.66. The van der Waals surface area contributed by atoms with Crippen LogP contribution in [0.25, 0.3) is 22.6 Å². The van der Waals surface area contributed by atoms with Crippen molar-refractivity contribution in [2.24, 2.45) is 0 Å². The Hall–Kier alpha value is -3.06. The molecule has 1 aliphatic rings. The zero-order valence-corrected chi connectivity index (χ0v) is 20.5. The fourth-order valence-corrected chi connectivity index (χ4v) is 6.25. The molecule has 0 bridgehead atoms. The van der Waals surface area contributed by atoms with Gasteiger partial charge >= 0.3 is 0 Å². The van der Waals surface area contributed by atoms with Crippen LogP contribution in [-0.2, 0) is 24.2 Å². The van der Waals surface area contributed by atoms with E-state index >= 15 is 0 Å². The number of hydrogen-bond donors (Lipinski definition) is 1. The highest BCUT2D eigenvalue weighted by Crippen LogP contribution is 2.38. The minimum atomic E-state index is -0.187. The number of hydrogen-bond acceptors (Lipinski definition) is 7. The number of carbonyl (C=O) groups is 1. The summed E-state index contributed by atoms with van der Waals surface area (Å²) in [5.41, 5.74) is 2.41. The molecule has 1 aliphatic carbocycles. The van der Waals surface area contributed by atoms with Crippen molar-refractivity contribution in [3.63, 3.8) is 0 Å². The monoisotopic (exact) mass is 509 g/mol. The van der Waals surface area contributed by atoms with Crippen LogP contribution >= 0.6 is 34.7 Å². The lowest BCUT2D eigenvalue weighted by Crippen LogP contribution is -2.14. The van der Waals surface area contributed by atoms with Crippen LogP contribution in [0, 0.1) is 11.3 Å². The number of carbonyl (C=O) groups excluding carboxylic acids is 1. The fraction of sp³-hybridized carbons (Fsp3) is 0.250. The predicted molar refractivity (Wildman–Crippen MR) is 135 cm³/mol. The van der Waals surface area contributed by atoms with Crippen LogP contribution in [0.5, 0.6) is 0 Å². The van der Waals surface area contributed by atoms with Crippen molar-refractivity contribution in [1.29, 1.82) is 5.26 Å². The Morgan fingerprint density at radius 2 is 2.21 bits per heavy atom. The number of nitrogens with zero attached hydrogens (tertiary/aromatic N) is 4.